The summed E-state index contributed by atoms with van der Waals surface area (Å²) in [6.45, 7) is -0.134. The van der Waals surface area contributed by atoms with E-state index in [2.05, 4.69) is 20.7 Å². The minimum Gasteiger partial charge on any atom is -0.481 e. The number of anilines is 1. The van der Waals surface area contributed by atoms with Crippen molar-refractivity contribution < 1.29 is 51.4 Å². The van der Waals surface area contributed by atoms with E-state index in [-0.39, 0.29) is 16.8 Å². The fourth-order valence-electron chi connectivity index (χ4n) is 3.42. The standard InChI is InChI=1S/C23H18ClF4N3O7/c1-9(29-20(34)21(35)30-14-5-3-2-4-11(14)24)19(33)31-23(7-10(23)22(36)37)15(32)8-38-18-16(27)12(25)6-13(26)17(18)28/h2-6,9-10H,7-8H2,1H3,(H,29,34)(H,30,35)(H,31,33)(H,36,37)/t9-,10?,23?/m0/s1. The molecular weight excluding hydrogens is 542 g/mol. The Hall–Kier alpha value is -4.20. The number of carboxylic acid groups (broad SMARTS) is 1. The van der Waals surface area contributed by atoms with Crippen LogP contribution in [0.2, 0.25) is 5.02 Å². The van der Waals surface area contributed by atoms with Crippen molar-refractivity contribution in [2.45, 2.75) is 24.9 Å². The molecule has 2 unspecified atom stereocenters. The summed E-state index contributed by atoms with van der Waals surface area (Å²) in [4.78, 5) is 61.1. The molecule has 3 atom stereocenters. The molecule has 0 aromatic heterocycles. The van der Waals surface area contributed by atoms with Gasteiger partial charge in [-0.2, -0.15) is 8.78 Å². The highest BCUT2D eigenvalue weighted by Crippen LogP contribution is 2.45. The number of nitrogens with one attached hydrogen (secondary N) is 3. The zero-order valence-electron chi connectivity index (χ0n) is 19.2. The van der Waals surface area contributed by atoms with Gasteiger partial charge in [-0.3, -0.25) is 24.0 Å². The molecule has 4 N–H and O–H groups in total. The number of benzene rings is 2. The largest absolute Gasteiger partial charge is 0.481 e. The first-order valence-electron chi connectivity index (χ1n) is 10.7. The van der Waals surface area contributed by atoms with Crippen LogP contribution in [0.1, 0.15) is 13.3 Å². The molecule has 202 valence electrons. The maximum atomic E-state index is 13.8. The second-order valence-corrected chi connectivity index (χ2v) is 8.60. The van der Waals surface area contributed by atoms with Gasteiger partial charge in [0.25, 0.3) is 0 Å². The number of carbonyl (C=O) groups is 5. The van der Waals surface area contributed by atoms with E-state index < -0.39 is 89.0 Å². The van der Waals surface area contributed by atoms with Crippen LogP contribution in [0.3, 0.4) is 0 Å². The third kappa shape index (κ3) is 5.85. The Morgan fingerprint density at radius 1 is 1.08 bits per heavy atom. The third-order valence-corrected chi connectivity index (χ3v) is 5.92. The molecule has 3 amide bonds. The van der Waals surface area contributed by atoms with Crippen LogP contribution in [0.15, 0.2) is 30.3 Å². The lowest BCUT2D eigenvalue weighted by Gasteiger charge is -2.21. The van der Waals surface area contributed by atoms with Gasteiger partial charge >= 0.3 is 17.8 Å². The molecule has 1 saturated carbocycles. The highest BCUT2D eigenvalue weighted by atomic mass is 35.5. The predicted octanol–water partition coefficient (Wildman–Crippen LogP) is 1.95. The average Bonchev–Trinajstić information content (AvgIpc) is 3.59. The van der Waals surface area contributed by atoms with Gasteiger partial charge < -0.3 is 25.8 Å². The van der Waals surface area contributed by atoms with Crippen LogP contribution in [-0.2, 0) is 24.0 Å². The topological polar surface area (TPSA) is 151 Å². The third-order valence-electron chi connectivity index (χ3n) is 5.59. The van der Waals surface area contributed by atoms with E-state index in [0.717, 1.165) is 6.92 Å². The van der Waals surface area contributed by atoms with E-state index in [9.17, 15) is 46.6 Å². The number of ketones is 1. The van der Waals surface area contributed by atoms with Crippen LogP contribution in [0, 0.1) is 29.2 Å². The SMILES string of the molecule is C[C@H](NC(=O)C(=O)Nc1ccccc1Cl)C(=O)NC1(C(=O)COc2c(F)c(F)cc(F)c2F)CC1C(=O)O. The molecule has 1 aliphatic rings. The number of hydrogen-bond donors (Lipinski definition) is 4. The number of amides is 3. The molecule has 0 saturated heterocycles. The summed E-state index contributed by atoms with van der Waals surface area (Å²) in [7, 11) is 0. The minimum absolute atomic E-state index is 0.0766. The number of Topliss-reactive ketones (excluding diaryl/α,β-unsaturated/α-hetero) is 1. The van der Waals surface area contributed by atoms with Gasteiger partial charge in [0.2, 0.25) is 17.5 Å². The van der Waals surface area contributed by atoms with E-state index in [1.807, 2.05) is 0 Å². The van der Waals surface area contributed by atoms with Gasteiger partial charge in [0, 0.05) is 6.07 Å². The molecule has 2 aromatic rings. The molecule has 0 bridgehead atoms. The fourth-order valence-corrected chi connectivity index (χ4v) is 3.60. The van der Waals surface area contributed by atoms with E-state index in [1.165, 1.54) is 18.2 Å². The summed E-state index contributed by atoms with van der Waals surface area (Å²) in [5.41, 5.74) is -2.00. The number of rotatable bonds is 9. The van der Waals surface area contributed by atoms with Crippen LogP contribution in [0.25, 0.3) is 0 Å². The number of carbonyl (C=O) groups excluding carboxylic acids is 4. The summed E-state index contributed by atoms with van der Waals surface area (Å²) in [6.07, 6.45) is -0.452. The van der Waals surface area contributed by atoms with Gasteiger partial charge in [-0.1, -0.05) is 23.7 Å². The smallest absolute Gasteiger partial charge is 0.313 e. The first-order chi connectivity index (χ1) is 17.8. The zero-order chi connectivity index (χ0) is 28.4. The molecule has 15 heteroatoms. The number of halogens is 5. The normalized spacial score (nSPS) is 18.6. The second kappa shape index (κ2) is 11.0. The summed E-state index contributed by atoms with van der Waals surface area (Å²) >= 11 is 5.90. The van der Waals surface area contributed by atoms with E-state index in [4.69, 9.17) is 11.6 Å². The van der Waals surface area contributed by atoms with Crippen molar-refractivity contribution in [1.29, 1.82) is 0 Å². The van der Waals surface area contributed by atoms with Crippen LogP contribution in [-0.4, -0.2) is 52.8 Å². The average molecular weight is 560 g/mol. The molecule has 0 aliphatic heterocycles. The summed E-state index contributed by atoms with van der Waals surface area (Å²) < 4.78 is 59.0. The number of aliphatic carboxylic acids is 1. The highest BCUT2D eigenvalue weighted by Gasteiger charge is 2.65. The molecule has 2 aromatic carbocycles. The lowest BCUT2D eigenvalue weighted by Crippen LogP contribution is -2.55. The van der Waals surface area contributed by atoms with Crippen molar-refractivity contribution >= 4 is 46.8 Å². The summed E-state index contributed by atoms with van der Waals surface area (Å²) in [5.74, 6) is -16.7. The first kappa shape index (κ1) is 28.4. The van der Waals surface area contributed by atoms with Gasteiger partial charge in [-0.15, -0.1) is 0 Å². The Kier molecular flexibility index (Phi) is 8.25. The van der Waals surface area contributed by atoms with E-state index in [0.29, 0.717) is 0 Å². The van der Waals surface area contributed by atoms with Crippen molar-refractivity contribution in [3.63, 3.8) is 0 Å². The van der Waals surface area contributed by atoms with Gasteiger partial charge in [0.1, 0.15) is 18.2 Å². The molecule has 38 heavy (non-hydrogen) atoms. The molecule has 3 rings (SSSR count). The van der Waals surface area contributed by atoms with E-state index >= 15 is 0 Å². The minimum atomic E-state index is -2.11. The Balaban J connectivity index is 1.66. The van der Waals surface area contributed by atoms with E-state index in [1.54, 1.807) is 6.07 Å². The van der Waals surface area contributed by atoms with Crippen LogP contribution in [0.5, 0.6) is 5.75 Å². The molecule has 0 radical (unpaired) electrons. The van der Waals surface area contributed by atoms with Gasteiger partial charge in [0.05, 0.1) is 16.6 Å². The number of para-hydroxylation sites is 1. The Bertz CT molecular complexity index is 1320. The van der Waals surface area contributed by atoms with Gasteiger partial charge in [0.15, 0.2) is 23.2 Å². The second-order valence-electron chi connectivity index (χ2n) is 8.19. The number of ether oxygens (including phenoxy) is 1. The molecule has 1 fully saturated rings. The van der Waals surface area contributed by atoms with Crippen molar-refractivity contribution in [2.24, 2.45) is 5.92 Å². The van der Waals surface area contributed by atoms with Crippen molar-refractivity contribution in [1.82, 2.24) is 10.6 Å². The summed E-state index contributed by atoms with van der Waals surface area (Å²) in [5, 5.41) is 15.9. The Labute approximate surface area is 216 Å². The molecule has 0 spiro atoms. The molecule has 10 nitrogen and oxygen atoms in total. The Morgan fingerprint density at radius 2 is 1.68 bits per heavy atom. The summed E-state index contributed by atoms with van der Waals surface area (Å²) in [6, 6.07) is 4.44. The fraction of sp³-hybridized carbons (Fsp3) is 0.261. The Morgan fingerprint density at radius 3 is 2.24 bits per heavy atom. The van der Waals surface area contributed by atoms with Crippen LogP contribution in [0.4, 0.5) is 23.2 Å². The first-order valence-corrected chi connectivity index (χ1v) is 11.1. The highest BCUT2D eigenvalue weighted by molar-refractivity contribution is 6.41. The van der Waals surface area contributed by atoms with Gasteiger partial charge in [-0.05, 0) is 25.5 Å². The quantitative estimate of drug-likeness (QED) is 0.208. The maximum Gasteiger partial charge on any atom is 0.313 e. The zero-order valence-corrected chi connectivity index (χ0v) is 20.0. The number of carboxylic acids is 1. The molecule has 0 heterocycles. The van der Waals surface area contributed by atoms with Crippen molar-refractivity contribution in [3.05, 3.63) is 58.6 Å². The van der Waals surface area contributed by atoms with Crippen LogP contribution < -0.4 is 20.7 Å². The maximum absolute atomic E-state index is 13.8. The monoisotopic (exact) mass is 559 g/mol. The lowest BCUT2D eigenvalue weighted by molar-refractivity contribution is -0.141. The number of hydrogen-bond acceptors (Lipinski definition) is 6. The lowest BCUT2D eigenvalue weighted by atomic mass is 10.1. The van der Waals surface area contributed by atoms with Crippen molar-refractivity contribution in [2.75, 3.05) is 11.9 Å². The molecular formula is C23H18ClF4N3O7. The molecule has 1 aliphatic carbocycles. The van der Waals surface area contributed by atoms with Gasteiger partial charge in [-0.25, -0.2) is 8.78 Å². The van der Waals surface area contributed by atoms with Crippen molar-refractivity contribution in [3.8, 4) is 5.75 Å². The van der Waals surface area contributed by atoms with Crippen LogP contribution >= 0.6 is 11.6 Å². The predicted molar refractivity (Wildman–Crippen MR) is 121 cm³/mol.